The highest BCUT2D eigenvalue weighted by molar-refractivity contribution is 5.97. The predicted octanol–water partition coefficient (Wildman–Crippen LogP) is 2.25. The monoisotopic (exact) mass is 420 g/mol. The van der Waals surface area contributed by atoms with E-state index in [0.717, 1.165) is 38.2 Å². The van der Waals surface area contributed by atoms with Crippen LogP contribution in [0.2, 0.25) is 0 Å². The fourth-order valence-electron chi connectivity index (χ4n) is 5.02. The third-order valence-corrected chi connectivity index (χ3v) is 6.83. The third kappa shape index (κ3) is 3.43. The van der Waals surface area contributed by atoms with Gasteiger partial charge in [-0.3, -0.25) is 9.59 Å². The minimum Gasteiger partial charge on any atom is -0.472 e. The second-order valence-corrected chi connectivity index (χ2v) is 8.62. The number of piperidine rings is 1. The number of benzene rings is 2. The maximum absolute atomic E-state index is 13.1. The van der Waals surface area contributed by atoms with Crippen molar-refractivity contribution in [3.8, 4) is 5.75 Å². The molecule has 2 aromatic rings. The van der Waals surface area contributed by atoms with Crippen LogP contribution in [0.5, 0.6) is 5.75 Å². The van der Waals surface area contributed by atoms with Crippen LogP contribution < -0.4 is 9.64 Å². The number of anilines is 1. The van der Waals surface area contributed by atoms with Gasteiger partial charge in [0.2, 0.25) is 5.91 Å². The minimum absolute atomic E-state index is 0.0261. The standard InChI is InChI=1S/C24H28N4O3/c1-25-17-28(19-7-3-2-4-8-19)24(23(25)30)11-13-26(14-12-24)15-16-27-18-31-21-10-6-5-9-20(21)22(27)29/h2-10H,11-18H2,1H3. The predicted molar refractivity (Wildman–Crippen MR) is 118 cm³/mol. The van der Waals surface area contributed by atoms with Crippen LogP contribution in [0.1, 0.15) is 23.2 Å². The van der Waals surface area contributed by atoms with Crippen LogP contribution in [0.15, 0.2) is 54.6 Å². The maximum Gasteiger partial charge on any atom is 0.260 e. The van der Waals surface area contributed by atoms with Crippen LogP contribution in [0.25, 0.3) is 0 Å². The molecule has 0 bridgehead atoms. The summed E-state index contributed by atoms with van der Waals surface area (Å²) in [4.78, 5) is 34.1. The van der Waals surface area contributed by atoms with Crippen molar-refractivity contribution in [3.05, 3.63) is 60.2 Å². The summed E-state index contributed by atoms with van der Waals surface area (Å²) in [5.74, 6) is 0.902. The number of carbonyl (C=O) groups is 2. The normalized spacial score (nSPS) is 20.9. The highest BCUT2D eigenvalue weighted by atomic mass is 16.5. The number of hydrogen-bond donors (Lipinski definition) is 0. The first-order valence-electron chi connectivity index (χ1n) is 10.9. The molecule has 0 N–H and O–H groups in total. The largest absolute Gasteiger partial charge is 0.472 e. The van der Waals surface area contributed by atoms with Gasteiger partial charge in [0.15, 0.2) is 6.73 Å². The molecule has 1 spiro atoms. The van der Waals surface area contributed by atoms with Crippen molar-refractivity contribution >= 4 is 17.5 Å². The molecule has 3 aliphatic heterocycles. The lowest BCUT2D eigenvalue weighted by molar-refractivity contribution is -0.132. The van der Waals surface area contributed by atoms with Gasteiger partial charge in [0.05, 0.1) is 12.2 Å². The first-order chi connectivity index (χ1) is 15.1. The van der Waals surface area contributed by atoms with Crippen molar-refractivity contribution in [2.75, 3.05) is 51.5 Å². The van der Waals surface area contributed by atoms with E-state index in [-0.39, 0.29) is 11.8 Å². The summed E-state index contributed by atoms with van der Waals surface area (Å²) in [5.41, 5.74) is 1.27. The lowest BCUT2D eigenvalue weighted by Crippen LogP contribution is -2.57. The summed E-state index contributed by atoms with van der Waals surface area (Å²) in [6, 6.07) is 17.6. The van der Waals surface area contributed by atoms with Gasteiger partial charge in [0.1, 0.15) is 11.3 Å². The lowest BCUT2D eigenvalue weighted by Gasteiger charge is -2.43. The molecule has 31 heavy (non-hydrogen) atoms. The van der Waals surface area contributed by atoms with Crippen molar-refractivity contribution in [2.45, 2.75) is 18.4 Å². The average molecular weight is 421 g/mol. The van der Waals surface area contributed by atoms with Gasteiger partial charge < -0.3 is 24.3 Å². The summed E-state index contributed by atoms with van der Waals surface area (Å²) in [7, 11) is 1.89. The molecule has 7 nitrogen and oxygen atoms in total. The Labute approximate surface area is 182 Å². The van der Waals surface area contributed by atoms with E-state index in [9.17, 15) is 9.59 Å². The first kappa shape index (κ1) is 19.9. The summed E-state index contributed by atoms with van der Waals surface area (Å²) >= 11 is 0. The second-order valence-electron chi connectivity index (χ2n) is 8.62. The zero-order valence-electron chi connectivity index (χ0n) is 17.9. The summed E-state index contributed by atoms with van der Waals surface area (Å²) < 4.78 is 5.74. The molecule has 3 aliphatic rings. The summed E-state index contributed by atoms with van der Waals surface area (Å²) in [6.45, 7) is 3.99. The fraction of sp³-hybridized carbons (Fsp3) is 0.417. The number of amides is 2. The Morgan fingerprint density at radius 3 is 2.42 bits per heavy atom. The number of rotatable bonds is 4. The molecule has 3 heterocycles. The van der Waals surface area contributed by atoms with Crippen LogP contribution in [-0.2, 0) is 4.79 Å². The molecule has 2 saturated heterocycles. The van der Waals surface area contributed by atoms with Crippen molar-refractivity contribution in [3.63, 3.8) is 0 Å². The molecule has 0 aromatic heterocycles. The maximum atomic E-state index is 13.1. The van der Waals surface area contributed by atoms with E-state index in [2.05, 4.69) is 21.9 Å². The van der Waals surface area contributed by atoms with Gasteiger partial charge in [0, 0.05) is 38.9 Å². The highest BCUT2D eigenvalue weighted by Gasteiger charge is 2.52. The number of carbonyl (C=O) groups excluding carboxylic acids is 2. The Morgan fingerprint density at radius 2 is 1.65 bits per heavy atom. The third-order valence-electron chi connectivity index (χ3n) is 6.83. The van der Waals surface area contributed by atoms with E-state index >= 15 is 0 Å². The molecule has 2 amide bonds. The van der Waals surface area contributed by atoms with Crippen molar-refractivity contribution in [2.24, 2.45) is 0 Å². The highest BCUT2D eigenvalue weighted by Crippen LogP contribution is 2.38. The molecule has 0 atom stereocenters. The van der Waals surface area contributed by atoms with Crippen molar-refractivity contribution in [1.82, 2.24) is 14.7 Å². The van der Waals surface area contributed by atoms with E-state index < -0.39 is 5.54 Å². The van der Waals surface area contributed by atoms with E-state index in [4.69, 9.17) is 4.74 Å². The number of ether oxygens (including phenoxy) is 1. The Kier molecular flexibility index (Phi) is 5.06. The molecule has 2 aromatic carbocycles. The Morgan fingerprint density at radius 1 is 0.935 bits per heavy atom. The zero-order valence-corrected chi connectivity index (χ0v) is 17.9. The van der Waals surface area contributed by atoms with Gasteiger partial charge in [-0.25, -0.2) is 0 Å². The lowest BCUT2D eigenvalue weighted by atomic mass is 9.85. The molecule has 162 valence electrons. The van der Waals surface area contributed by atoms with Crippen molar-refractivity contribution < 1.29 is 14.3 Å². The molecule has 7 heteroatoms. The topological polar surface area (TPSA) is 56.3 Å². The SMILES string of the molecule is CN1CN(c2ccccc2)C2(CCN(CCN3COc4ccccc4C3=O)CC2)C1=O. The molecular weight excluding hydrogens is 392 g/mol. The Bertz CT molecular complexity index is 972. The van der Waals surface area contributed by atoms with Gasteiger partial charge in [-0.15, -0.1) is 0 Å². The fourth-order valence-corrected chi connectivity index (χ4v) is 5.02. The van der Waals surface area contributed by atoms with E-state index in [0.29, 0.717) is 31.3 Å². The van der Waals surface area contributed by atoms with Crippen LogP contribution in [0.4, 0.5) is 5.69 Å². The van der Waals surface area contributed by atoms with Gasteiger partial charge in [-0.2, -0.15) is 0 Å². The Balaban J connectivity index is 1.22. The quantitative estimate of drug-likeness (QED) is 0.760. The number of para-hydroxylation sites is 2. The molecule has 0 unspecified atom stereocenters. The number of fused-ring (bicyclic) bond motifs is 1. The average Bonchev–Trinajstić information content (AvgIpc) is 3.05. The van der Waals surface area contributed by atoms with Crippen LogP contribution in [-0.4, -0.2) is 78.7 Å². The molecule has 2 fully saturated rings. The van der Waals surface area contributed by atoms with Gasteiger partial charge in [-0.05, 0) is 37.1 Å². The molecule has 5 rings (SSSR count). The minimum atomic E-state index is -0.463. The van der Waals surface area contributed by atoms with E-state index in [1.165, 1.54) is 0 Å². The van der Waals surface area contributed by atoms with Gasteiger partial charge >= 0.3 is 0 Å². The zero-order chi connectivity index (χ0) is 21.4. The number of likely N-dealkylation sites (N-methyl/N-ethyl adjacent to an activating group) is 1. The van der Waals surface area contributed by atoms with Crippen molar-refractivity contribution in [1.29, 1.82) is 0 Å². The smallest absolute Gasteiger partial charge is 0.260 e. The van der Waals surface area contributed by atoms with Gasteiger partial charge in [-0.1, -0.05) is 30.3 Å². The van der Waals surface area contributed by atoms with E-state index in [1.807, 2.05) is 54.4 Å². The molecule has 0 saturated carbocycles. The second kappa shape index (κ2) is 7.89. The van der Waals surface area contributed by atoms with Crippen LogP contribution in [0, 0.1) is 0 Å². The van der Waals surface area contributed by atoms with E-state index in [1.54, 1.807) is 4.90 Å². The Hall–Kier alpha value is -3.06. The molecule has 0 radical (unpaired) electrons. The van der Waals surface area contributed by atoms with Crippen LogP contribution in [0.3, 0.4) is 0 Å². The number of hydrogen-bond acceptors (Lipinski definition) is 5. The number of likely N-dealkylation sites (tertiary alicyclic amines) is 1. The number of nitrogens with zero attached hydrogens (tertiary/aromatic N) is 4. The molecule has 0 aliphatic carbocycles. The molecular formula is C24H28N4O3. The van der Waals surface area contributed by atoms with Gasteiger partial charge in [0.25, 0.3) is 5.91 Å². The summed E-state index contributed by atoms with van der Waals surface area (Å²) in [6.07, 6.45) is 1.58. The first-order valence-corrected chi connectivity index (χ1v) is 10.9. The summed E-state index contributed by atoms with van der Waals surface area (Å²) in [5, 5.41) is 0. The van der Waals surface area contributed by atoms with Crippen LogP contribution >= 0.6 is 0 Å².